The molecule has 0 unspecified atom stereocenters. The van der Waals surface area contributed by atoms with E-state index in [2.05, 4.69) is 6.08 Å². The minimum atomic E-state index is -0.976. The van der Waals surface area contributed by atoms with Gasteiger partial charge in [-0.15, -0.1) is 0 Å². The number of hydrazone groups is 1. The van der Waals surface area contributed by atoms with Crippen molar-refractivity contribution in [1.82, 2.24) is 14.8 Å². The van der Waals surface area contributed by atoms with Crippen molar-refractivity contribution < 1.29 is 19.2 Å². The first-order chi connectivity index (χ1) is 17.0. The number of rotatable bonds is 5. The van der Waals surface area contributed by atoms with E-state index < -0.39 is 30.3 Å². The van der Waals surface area contributed by atoms with Crippen molar-refractivity contribution in [3.8, 4) is 0 Å². The third kappa shape index (κ3) is 4.05. The largest absolute Gasteiger partial charge is 0.334 e. The van der Waals surface area contributed by atoms with Crippen LogP contribution in [0.3, 0.4) is 0 Å². The quantitative estimate of drug-likeness (QED) is 0.493. The Morgan fingerprint density at radius 2 is 1.63 bits per heavy atom. The standard InChI is InChI=1S/C27H26N4O4/c1-2-29-25(33)26(34)30(27(29)35)17-22(32)31-24(19-12-7-4-8-13-19)21-15-9-14-20(23(21)28-31)16-18-10-5-3-6-11-18/h3-8,10-13,16,21,24H,2,9,14-15,17H2,1H3/b20-16+/t21-,24+/m1/s1. The summed E-state index contributed by atoms with van der Waals surface area (Å²) < 4.78 is 0. The molecule has 178 valence electrons. The average molecular weight is 471 g/mol. The molecule has 1 saturated carbocycles. The zero-order valence-electron chi connectivity index (χ0n) is 19.5. The molecular formula is C27H26N4O4. The first kappa shape index (κ1) is 22.7. The molecule has 0 bridgehead atoms. The number of hydrogen-bond donors (Lipinski definition) is 0. The SMILES string of the molecule is CCN1C(=O)C(=O)N(CC(=O)N2N=C3/C(=C/c4ccccc4)CCC[C@H]3[C@@H]2c2ccccc2)C1=O. The van der Waals surface area contributed by atoms with Gasteiger partial charge in [-0.2, -0.15) is 5.10 Å². The lowest BCUT2D eigenvalue weighted by atomic mass is 9.77. The van der Waals surface area contributed by atoms with Gasteiger partial charge in [0, 0.05) is 12.5 Å². The van der Waals surface area contributed by atoms with Crippen molar-refractivity contribution in [2.45, 2.75) is 32.2 Å². The van der Waals surface area contributed by atoms with Crippen molar-refractivity contribution in [3.05, 3.63) is 77.4 Å². The molecule has 1 saturated heterocycles. The summed E-state index contributed by atoms with van der Waals surface area (Å²) in [5, 5.41) is 6.20. The summed E-state index contributed by atoms with van der Waals surface area (Å²) in [5.74, 6) is -2.37. The highest BCUT2D eigenvalue weighted by Gasteiger charge is 2.48. The Morgan fingerprint density at radius 3 is 2.29 bits per heavy atom. The van der Waals surface area contributed by atoms with E-state index in [1.807, 2.05) is 60.7 Å². The minimum absolute atomic E-state index is 0.00353. The topological polar surface area (TPSA) is 90.4 Å². The molecule has 5 amide bonds. The number of hydrogen-bond acceptors (Lipinski definition) is 5. The van der Waals surface area contributed by atoms with Gasteiger partial charge in [0.1, 0.15) is 6.54 Å². The first-order valence-corrected chi connectivity index (χ1v) is 11.9. The zero-order chi connectivity index (χ0) is 24.5. The van der Waals surface area contributed by atoms with Crippen LogP contribution in [0.25, 0.3) is 6.08 Å². The summed E-state index contributed by atoms with van der Waals surface area (Å²) in [7, 11) is 0. The van der Waals surface area contributed by atoms with Crippen molar-refractivity contribution in [2.24, 2.45) is 11.0 Å². The highest BCUT2D eigenvalue weighted by atomic mass is 16.2. The van der Waals surface area contributed by atoms with E-state index in [0.29, 0.717) is 0 Å². The maximum Gasteiger partial charge on any atom is 0.334 e. The second kappa shape index (κ2) is 9.29. The van der Waals surface area contributed by atoms with Crippen molar-refractivity contribution in [2.75, 3.05) is 13.1 Å². The highest BCUT2D eigenvalue weighted by molar-refractivity contribution is 6.45. The number of carbonyl (C=O) groups is 4. The summed E-state index contributed by atoms with van der Waals surface area (Å²) >= 11 is 0. The molecule has 0 radical (unpaired) electrons. The van der Waals surface area contributed by atoms with E-state index in [0.717, 1.165) is 51.5 Å². The fraction of sp³-hybridized carbons (Fsp3) is 0.296. The van der Waals surface area contributed by atoms with Crippen LogP contribution in [0, 0.1) is 5.92 Å². The third-order valence-corrected chi connectivity index (χ3v) is 6.78. The first-order valence-electron chi connectivity index (χ1n) is 11.9. The average Bonchev–Trinajstić information content (AvgIpc) is 3.37. The van der Waals surface area contributed by atoms with Gasteiger partial charge in [0.25, 0.3) is 5.91 Å². The second-order valence-electron chi connectivity index (χ2n) is 8.88. The number of carbonyl (C=O) groups excluding carboxylic acids is 4. The molecule has 8 nitrogen and oxygen atoms in total. The van der Waals surface area contributed by atoms with Crippen LogP contribution in [0.15, 0.2) is 71.3 Å². The van der Waals surface area contributed by atoms with Gasteiger partial charge in [0.15, 0.2) is 0 Å². The predicted molar refractivity (Wildman–Crippen MR) is 130 cm³/mol. The molecule has 2 atom stereocenters. The monoisotopic (exact) mass is 470 g/mol. The van der Waals surface area contributed by atoms with Gasteiger partial charge in [-0.1, -0.05) is 60.7 Å². The Balaban J connectivity index is 1.49. The summed E-state index contributed by atoms with van der Waals surface area (Å²) in [6, 6.07) is 18.6. The third-order valence-electron chi connectivity index (χ3n) is 6.78. The molecule has 1 aliphatic carbocycles. The molecule has 5 rings (SSSR count). The van der Waals surface area contributed by atoms with Crippen molar-refractivity contribution in [1.29, 1.82) is 0 Å². The van der Waals surface area contributed by atoms with Gasteiger partial charge >= 0.3 is 17.8 Å². The Bertz CT molecular complexity index is 1240. The van der Waals surface area contributed by atoms with Crippen molar-refractivity contribution in [3.63, 3.8) is 0 Å². The molecule has 35 heavy (non-hydrogen) atoms. The van der Waals surface area contributed by atoms with Gasteiger partial charge < -0.3 is 0 Å². The lowest BCUT2D eigenvalue weighted by molar-refractivity contribution is -0.145. The molecule has 3 aliphatic rings. The van der Waals surface area contributed by atoms with E-state index in [9.17, 15) is 19.2 Å². The fourth-order valence-electron chi connectivity index (χ4n) is 5.12. The number of nitrogens with zero attached hydrogens (tertiary/aromatic N) is 4. The van der Waals surface area contributed by atoms with Gasteiger partial charge in [-0.05, 0) is 49.0 Å². The van der Waals surface area contributed by atoms with E-state index in [1.54, 1.807) is 6.92 Å². The summed E-state index contributed by atoms with van der Waals surface area (Å²) in [4.78, 5) is 52.2. The Hall–Kier alpha value is -4.07. The maximum atomic E-state index is 13.5. The number of likely N-dealkylation sites (N-methyl/N-ethyl adjacent to an activating group) is 1. The lowest BCUT2D eigenvalue weighted by Gasteiger charge is -2.30. The fourth-order valence-corrected chi connectivity index (χ4v) is 5.12. The van der Waals surface area contributed by atoms with E-state index in [-0.39, 0.29) is 18.5 Å². The van der Waals surface area contributed by atoms with E-state index >= 15 is 0 Å². The number of amides is 5. The van der Waals surface area contributed by atoms with Crippen LogP contribution < -0.4 is 0 Å². The molecule has 0 N–H and O–H groups in total. The molecule has 0 aromatic heterocycles. The molecule has 2 aromatic carbocycles. The van der Waals surface area contributed by atoms with Gasteiger partial charge in [-0.25, -0.2) is 14.7 Å². The molecular weight excluding hydrogens is 444 g/mol. The minimum Gasteiger partial charge on any atom is -0.271 e. The predicted octanol–water partition coefficient (Wildman–Crippen LogP) is 3.62. The lowest BCUT2D eigenvalue weighted by Crippen LogP contribution is -2.42. The molecule has 2 heterocycles. The number of allylic oxidation sites excluding steroid dienone is 1. The Labute approximate surface area is 203 Å². The van der Waals surface area contributed by atoms with Crippen LogP contribution in [0.4, 0.5) is 4.79 Å². The molecule has 2 fully saturated rings. The van der Waals surface area contributed by atoms with Gasteiger partial charge in [-0.3, -0.25) is 19.3 Å². The smallest absolute Gasteiger partial charge is 0.271 e. The number of benzene rings is 2. The van der Waals surface area contributed by atoms with Gasteiger partial charge in [0.05, 0.1) is 11.8 Å². The number of urea groups is 1. The van der Waals surface area contributed by atoms with Crippen LogP contribution in [0.5, 0.6) is 0 Å². The van der Waals surface area contributed by atoms with Crippen LogP contribution in [0.2, 0.25) is 0 Å². The summed E-state index contributed by atoms with van der Waals surface area (Å²) in [6.07, 6.45) is 4.82. The van der Waals surface area contributed by atoms with E-state index in [1.165, 1.54) is 5.01 Å². The molecule has 2 aromatic rings. The summed E-state index contributed by atoms with van der Waals surface area (Å²) in [5.41, 5.74) is 3.96. The van der Waals surface area contributed by atoms with Gasteiger partial charge in [0.2, 0.25) is 0 Å². The Morgan fingerprint density at radius 1 is 0.971 bits per heavy atom. The zero-order valence-corrected chi connectivity index (χ0v) is 19.5. The highest BCUT2D eigenvalue weighted by Crippen LogP contribution is 2.44. The molecule has 2 aliphatic heterocycles. The maximum absolute atomic E-state index is 13.5. The summed E-state index contributed by atoms with van der Waals surface area (Å²) in [6.45, 7) is 1.16. The van der Waals surface area contributed by atoms with Crippen LogP contribution >= 0.6 is 0 Å². The van der Waals surface area contributed by atoms with E-state index in [4.69, 9.17) is 5.10 Å². The van der Waals surface area contributed by atoms with Crippen LogP contribution in [-0.4, -0.2) is 57.4 Å². The normalized spacial score (nSPS) is 23.2. The molecule has 8 heteroatoms. The van der Waals surface area contributed by atoms with Crippen LogP contribution in [-0.2, 0) is 14.4 Å². The number of imide groups is 2. The molecule has 0 spiro atoms. The van der Waals surface area contributed by atoms with Crippen molar-refractivity contribution >= 4 is 35.5 Å². The Kier molecular flexibility index (Phi) is 6.03. The number of fused-ring (bicyclic) bond motifs is 1. The second-order valence-corrected chi connectivity index (χ2v) is 8.88. The van der Waals surface area contributed by atoms with Crippen LogP contribution in [0.1, 0.15) is 43.4 Å².